The fourth-order valence-corrected chi connectivity index (χ4v) is 7.03. The van der Waals surface area contributed by atoms with Gasteiger partial charge >= 0.3 is 5.97 Å². The van der Waals surface area contributed by atoms with Gasteiger partial charge in [-0.2, -0.15) is 0 Å². The number of methoxy groups -OCH3 is 1. The molecule has 2 aromatic carbocycles. The first-order valence-electron chi connectivity index (χ1n) is 13.3. The van der Waals surface area contributed by atoms with Gasteiger partial charge in [-0.25, -0.2) is 12.7 Å². The highest BCUT2D eigenvalue weighted by molar-refractivity contribution is 7.89. The number of rotatable bonds is 13. The van der Waals surface area contributed by atoms with Crippen molar-refractivity contribution in [2.24, 2.45) is 5.92 Å². The fraction of sp³-hybridized carbons (Fsp3) is 0.536. The first kappa shape index (κ1) is 28.2. The molecule has 0 spiro atoms. The van der Waals surface area contributed by atoms with Gasteiger partial charge in [0.1, 0.15) is 5.75 Å². The maximum absolute atomic E-state index is 13.0. The summed E-state index contributed by atoms with van der Waals surface area (Å²) in [7, 11) is -1.79. The van der Waals surface area contributed by atoms with Crippen LogP contribution in [0.3, 0.4) is 0 Å². The summed E-state index contributed by atoms with van der Waals surface area (Å²) in [6.07, 6.45) is 2.22. The smallest absolute Gasteiger partial charge is 0.309 e. The second kappa shape index (κ2) is 12.4. The van der Waals surface area contributed by atoms with Crippen molar-refractivity contribution in [2.45, 2.75) is 45.1 Å². The number of aliphatic carboxylic acids is 1. The summed E-state index contributed by atoms with van der Waals surface area (Å²) in [5, 5.41) is 10.5. The number of carboxylic acid groups (broad SMARTS) is 1. The van der Waals surface area contributed by atoms with Crippen LogP contribution in [0.15, 0.2) is 42.5 Å². The standard InChI is InChI=1S/C28H38N2O7S/c1-4-6-13-30(38(33,34)16-5-2)15-14-29-18-23(21-9-12-24-25(17-21)37-19-36-24)26(28(31)32)27(29)20-7-10-22(35-3)11-8-20/h7-12,17,23,26-27H,4-6,13-16,18-19H2,1-3H3,(H,31,32)/t23-,26-,27+/m0/s1. The SMILES string of the molecule is CCCCN(CCN1C[C@@H](c2ccc3c(c2)OCO3)[C@H](C(=O)O)[C@H]1c1ccc(OC)cc1)S(=O)(=O)CCC. The molecular formula is C28H38N2O7S. The Morgan fingerprint density at radius 3 is 2.42 bits per heavy atom. The number of sulfonamides is 1. The van der Waals surface area contributed by atoms with E-state index in [0.717, 1.165) is 24.0 Å². The lowest BCUT2D eigenvalue weighted by molar-refractivity contribution is -0.143. The molecule has 3 atom stereocenters. The largest absolute Gasteiger partial charge is 0.497 e. The van der Waals surface area contributed by atoms with E-state index in [0.29, 0.717) is 49.8 Å². The van der Waals surface area contributed by atoms with Crippen molar-refractivity contribution in [3.63, 3.8) is 0 Å². The number of unbranched alkanes of at least 4 members (excludes halogenated alkanes) is 1. The Hall–Kier alpha value is -2.82. The van der Waals surface area contributed by atoms with Gasteiger partial charge in [0.25, 0.3) is 0 Å². The summed E-state index contributed by atoms with van der Waals surface area (Å²) in [5.41, 5.74) is 1.72. The lowest BCUT2D eigenvalue weighted by Gasteiger charge is -2.30. The number of benzene rings is 2. The number of fused-ring (bicyclic) bond motifs is 1. The monoisotopic (exact) mass is 546 g/mol. The molecule has 10 heteroatoms. The Labute approximate surface area is 225 Å². The highest BCUT2D eigenvalue weighted by atomic mass is 32.2. The second-order valence-electron chi connectivity index (χ2n) is 9.86. The van der Waals surface area contributed by atoms with Gasteiger partial charge in [0.2, 0.25) is 16.8 Å². The maximum atomic E-state index is 13.0. The zero-order valence-electron chi connectivity index (χ0n) is 22.3. The molecule has 208 valence electrons. The van der Waals surface area contributed by atoms with Crippen LogP contribution in [-0.4, -0.2) is 74.5 Å². The van der Waals surface area contributed by atoms with E-state index in [1.54, 1.807) is 11.4 Å². The first-order valence-corrected chi connectivity index (χ1v) is 14.9. The third-order valence-electron chi connectivity index (χ3n) is 7.42. The lowest BCUT2D eigenvalue weighted by atomic mass is 9.82. The summed E-state index contributed by atoms with van der Waals surface area (Å²) in [5.74, 6) is 0.116. The highest BCUT2D eigenvalue weighted by Crippen LogP contribution is 2.47. The molecule has 9 nitrogen and oxygen atoms in total. The van der Waals surface area contributed by atoms with Gasteiger partial charge in [-0.15, -0.1) is 0 Å². The quantitative estimate of drug-likeness (QED) is 0.400. The molecule has 0 bridgehead atoms. The third-order valence-corrected chi connectivity index (χ3v) is 9.49. The summed E-state index contributed by atoms with van der Waals surface area (Å²) >= 11 is 0. The van der Waals surface area contributed by atoms with Crippen molar-refractivity contribution in [3.8, 4) is 17.2 Å². The Kier molecular flexibility index (Phi) is 9.17. The number of nitrogens with zero attached hydrogens (tertiary/aromatic N) is 2. The fourth-order valence-electron chi connectivity index (χ4n) is 5.49. The number of ether oxygens (including phenoxy) is 3. The average molecular weight is 547 g/mol. The zero-order chi connectivity index (χ0) is 27.3. The summed E-state index contributed by atoms with van der Waals surface area (Å²) < 4.78 is 43.9. The van der Waals surface area contributed by atoms with Crippen LogP contribution >= 0.6 is 0 Å². The molecule has 1 N–H and O–H groups in total. The van der Waals surface area contributed by atoms with Crippen LogP contribution in [0, 0.1) is 5.92 Å². The third kappa shape index (κ3) is 6.08. The molecule has 0 radical (unpaired) electrons. The van der Waals surface area contributed by atoms with Gasteiger partial charge < -0.3 is 19.3 Å². The average Bonchev–Trinajstić information content (AvgIpc) is 3.53. The Morgan fingerprint density at radius 1 is 1.05 bits per heavy atom. The minimum absolute atomic E-state index is 0.107. The summed E-state index contributed by atoms with van der Waals surface area (Å²) in [4.78, 5) is 14.9. The predicted molar refractivity (Wildman–Crippen MR) is 144 cm³/mol. The maximum Gasteiger partial charge on any atom is 0.309 e. The Balaban J connectivity index is 1.67. The van der Waals surface area contributed by atoms with E-state index in [2.05, 4.69) is 4.90 Å². The van der Waals surface area contributed by atoms with Crippen molar-refractivity contribution in [1.29, 1.82) is 0 Å². The first-order chi connectivity index (χ1) is 18.3. The van der Waals surface area contributed by atoms with E-state index >= 15 is 0 Å². The normalized spacial score (nSPS) is 21.2. The summed E-state index contributed by atoms with van der Waals surface area (Å²) in [6.45, 7) is 5.73. The molecule has 0 unspecified atom stereocenters. The van der Waals surface area contributed by atoms with Crippen LogP contribution in [0.1, 0.15) is 56.2 Å². The minimum atomic E-state index is -3.39. The van der Waals surface area contributed by atoms with Crippen molar-refractivity contribution in [1.82, 2.24) is 9.21 Å². The second-order valence-corrected chi connectivity index (χ2v) is 12.0. The van der Waals surface area contributed by atoms with E-state index < -0.39 is 28.0 Å². The van der Waals surface area contributed by atoms with Crippen molar-refractivity contribution < 1.29 is 32.5 Å². The molecule has 4 rings (SSSR count). The molecule has 0 aromatic heterocycles. The van der Waals surface area contributed by atoms with Crippen LogP contribution in [-0.2, 0) is 14.8 Å². The zero-order valence-corrected chi connectivity index (χ0v) is 23.2. The number of carboxylic acids is 1. The van der Waals surface area contributed by atoms with Gasteiger partial charge in [-0.05, 0) is 48.2 Å². The van der Waals surface area contributed by atoms with Crippen LogP contribution < -0.4 is 14.2 Å². The van der Waals surface area contributed by atoms with Crippen LogP contribution in [0.4, 0.5) is 0 Å². The van der Waals surface area contributed by atoms with Gasteiger partial charge in [0.15, 0.2) is 11.5 Å². The lowest BCUT2D eigenvalue weighted by Crippen LogP contribution is -2.40. The number of hydrogen-bond acceptors (Lipinski definition) is 7. The minimum Gasteiger partial charge on any atom is -0.497 e. The van der Waals surface area contributed by atoms with Gasteiger partial charge in [0, 0.05) is 38.1 Å². The van der Waals surface area contributed by atoms with Crippen molar-refractivity contribution in [3.05, 3.63) is 53.6 Å². The van der Waals surface area contributed by atoms with E-state index in [9.17, 15) is 18.3 Å². The molecule has 0 saturated carbocycles. The Morgan fingerprint density at radius 2 is 1.76 bits per heavy atom. The number of carbonyl (C=O) groups is 1. The molecule has 0 amide bonds. The van der Waals surface area contributed by atoms with E-state index in [4.69, 9.17) is 14.2 Å². The number of hydrogen-bond donors (Lipinski definition) is 1. The van der Waals surface area contributed by atoms with Crippen LogP contribution in [0.2, 0.25) is 0 Å². The Bertz CT molecular complexity index is 1200. The van der Waals surface area contributed by atoms with Crippen LogP contribution in [0.25, 0.3) is 0 Å². The molecular weight excluding hydrogens is 508 g/mol. The molecule has 0 aliphatic carbocycles. The molecule has 2 aliphatic heterocycles. The molecule has 2 aliphatic rings. The van der Waals surface area contributed by atoms with Gasteiger partial charge in [-0.3, -0.25) is 9.69 Å². The van der Waals surface area contributed by atoms with Crippen LogP contribution in [0.5, 0.6) is 17.2 Å². The number of likely N-dealkylation sites (tertiary alicyclic amines) is 1. The van der Waals surface area contributed by atoms with E-state index in [-0.39, 0.29) is 18.5 Å². The van der Waals surface area contributed by atoms with Gasteiger partial charge in [0.05, 0.1) is 18.8 Å². The highest BCUT2D eigenvalue weighted by Gasteiger charge is 2.47. The van der Waals surface area contributed by atoms with Crippen molar-refractivity contribution >= 4 is 16.0 Å². The molecule has 2 heterocycles. The van der Waals surface area contributed by atoms with Crippen molar-refractivity contribution in [2.75, 3.05) is 45.8 Å². The van der Waals surface area contributed by atoms with E-state index in [1.807, 2.05) is 56.3 Å². The molecule has 1 saturated heterocycles. The predicted octanol–water partition coefficient (Wildman–Crippen LogP) is 4.11. The summed E-state index contributed by atoms with van der Waals surface area (Å²) in [6, 6.07) is 12.6. The van der Waals surface area contributed by atoms with Gasteiger partial charge in [-0.1, -0.05) is 38.5 Å². The molecule has 38 heavy (non-hydrogen) atoms. The topological polar surface area (TPSA) is 106 Å². The molecule has 2 aromatic rings. The van der Waals surface area contributed by atoms with E-state index in [1.165, 1.54) is 0 Å². The molecule has 1 fully saturated rings.